The summed E-state index contributed by atoms with van der Waals surface area (Å²) < 4.78 is 0. The van der Waals surface area contributed by atoms with Gasteiger partial charge >= 0.3 is 0 Å². The molecule has 2 heterocycles. The highest BCUT2D eigenvalue weighted by Crippen LogP contribution is 1.90. The van der Waals surface area contributed by atoms with Crippen molar-refractivity contribution in [2.24, 2.45) is 0 Å². The molecular weight excluding hydrogens is 100 g/mol. The van der Waals surface area contributed by atoms with Gasteiger partial charge in [-0.3, -0.25) is 0 Å². The van der Waals surface area contributed by atoms with Gasteiger partial charge in [-0.05, 0) is 25.9 Å². The van der Waals surface area contributed by atoms with Gasteiger partial charge in [-0.15, -0.1) is 0 Å². The number of rotatable bonds is 0. The molecule has 2 saturated heterocycles. The highest BCUT2D eigenvalue weighted by molar-refractivity contribution is 4.58. The standard InChI is InChI=1S/C4H9N.C2H5N/c1-2-4-5-3-1;1-2-3-1/h5H,1-4H2;3H,1-2H2. The summed E-state index contributed by atoms with van der Waals surface area (Å²) in [6.45, 7) is 5.00. The third kappa shape index (κ3) is 4.09. The number of hydrogen-bond acceptors (Lipinski definition) is 2. The molecule has 0 radical (unpaired) electrons. The molecule has 2 N–H and O–H groups in total. The fourth-order valence-corrected chi connectivity index (χ4v) is 0.625. The van der Waals surface area contributed by atoms with Gasteiger partial charge in [0.1, 0.15) is 0 Å². The van der Waals surface area contributed by atoms with Gasteiger partial charge < -0.3 is 10.6 Å². The topological polar surface area (TPSA) is 34.0 Å². The van der Waals surface area contributed by atoms with E-state index < -0.39 is 0 Å². The maximum atomic E-state index is 3.22. The lowest BCUT2D eigenvalue weighted by molar-refractivity contribution is 0.857. The summed E-state index contributed by atoms with van der Waals surface area (Å²) in [6, 6.07) is 0. The van der Waals surface area contributed by atoms with Crippen molar-refractivity contribution >= 4 is 0 Å². The molecule has 48 valence electrons. The van der Waals surface area contributed by atoms with E-state index in [4.69, 9.17) is 0 Å². The summed E-state index contributed by atoms with van der Waals surface area (Å²) in [6.07, 6.45) is 2.78. The first-order chi connectivity index (χ1) is 4.00. The van der Waals surface area contributed by atoms with Crippen LogP contribution in [0.25, 0.3) is 0 Å². The van der Waals surface area contributed by atoms with Crippen molar-refractivity contribution in [3.8, 4) is 0 Å². The highest BCUT2D eigenvalue weighted by atomic mass is 15.0. The first-order valence-corrected chi connectivity index (χ1v) is 3.41. The maximum absolute atomic E-state index is 3.22. The van der Waals surface area contributed by atoms with Crippen LogP contribution in [-0.4, -0.2) is 26.2 Å². The Balaban J connectivity index is 0.0000000907. The number of hydrogen-bond donors (Lipinski definition) is 2. The van der Waals surface area contributed by atoms with E-state index >= 15 is 0 Å². The normalized spacial score (nSPS) is 24.0. The zero-order valence-electron chi connectivity index (χ0n) is 5.24. The van der Waals surface area contributed by atoms with Crippen LogP contribution >= 0.6 is 0 Å². The first kappa shape index (κ1) is 6.05. The van der Waals surface area contributed by atoms with Gasteiger partial charge in [-0.25, -0.2) is 0 Å². The molecule has 0 aliphatic carbocycles. The van der Waals surface area contributed by atoms with Crippen molar-refractivity contribution in [3.63, 3.8) is 0 Å². The quantitative estimate of drug-likeness (QED) is 0.433. The third-order valence-electron chi connectivity index (χ3n) is 1.21. The summed E-state index contributed by atoms with van der Waals surface area (Å²) in [5.74, 6) is 0. The van der Waals surface area contributed by atoms with Gasteiger partial charge in [0.25, 0.3) is 0 Å². The zero-order chi connectivity index (χ0) is 5.66. The maximum Gasteiger partial charge on any atom is 0.00772 e. The molecule has 0 aromatic heterocycles. The Kier molecular flexibility index (Phi) is 2.92. The largest absolute Gasteiger partial charge is 0.317 e. The molecule has 2 fully saturated rings. The Labute approximate surface area is 50.7 Å². The lowest BCUT2D eigenvalue weighted by atomic mass is 10.4. The van der Waals surface area contributed by atoms with Gasteiger partial charge in [0.05, 0.1) is 0 Å². The van der Waals surface area contributed by atoms with Gasteiger partial charge in [0.2, 0.25) is 0 Å². The molecule has 2 heteroatoms. The van der Waals surface area contributed by atoms with E-state index in [1.165, 1.54) is 39.0 Å². The summed E-state index contributed by atoms with van der Waals surface area (Å²) in [7, 11) is 0. The van der Waals surface area contributed by atoms with Crippen LogP contribution in [0.15, 0.2) is 0 Å². The van der Waals surface area contributed by atoms with E-state index in [1.807, 2.05) is 0 Å². The van der Waals surface area contributed by atoms with Crippen molar-refractivity contribution in [1.29, 1.82) is 0 Å². The SMILES string of the molecule is C1CCNC1.C1CN1. The fraction of sp³-hybridized carbons (Fsp3) is 1.00. The van der Waals surface area contributed by atoms with Gasteiger partial charge in [-0.2, -0.15) is 0 Å². The highest BCUT2D eigenvalue weighted by Gasteiger charge is 1.93. The Bertz CT molecular complexity index is 38.1. The molecule has 0 spiro atoms. The van der Waals surface area contributed by atoms with Crippen LogP contribution in [0.1, 0.15) is 12.8 Å². The van der Waals surface area contributed by atoms with Crippen LogP contribution in [0.3, 0.4) is 0 Å². The van der Waals surface area contributed by atoms with Crippen molar-refractivity contribution in [3.05, 3.63) is 0 Å². The fourth-order valence-electron chi connectivity index (χ4n) is 0.625. The van der Waals surface area contributed by atoms with Crippen LogP contribution in [0.5, 0.6) is 0 Å². The second kappa shape index (κ2) is 3.87. The lowest BCUT2D eigenvalue weighted by Gasteiger charge is -1.76. The van der Waals surface area contributed by atoms with Crippen LogP contribution in [0.2, 0.25) is 0 Å². The minimum atomic E-state index is 1.25. The third-order valence-corrected chi connectivity index (χ3v) is 1.21. The Hall–Kier alpha value is -0.0800. The molecule has 0 unspecified atom stereocenters. The van der Waals surface area contributed by atoms with E-state index in [2.05, 4.69) is 10.6 Å². The van der Waals surface area contributed by atoms with E-state index in [9.17, 15) is 0 Å². The number of nitrogens with one attached hydrogen (secondary N) is 2. The van der Waals surface area contributed by atoms with Crippen molar-refractivity contribution in [2.75, 3.05) is 26.2 Å². The minimum Gasteiger partial charge on any atom is -0.317 e. The van der Waals surface area contributed by atoms with Crippen LogP contribution in [0.4, 0.5) is 0 Å². The summed E-state index contributed by atoms with van der Waals surface area (Å²) in [4.78, 5) is 0. The molecule has 0 atom stereocenters. The second-order valence-electron chi connectivity index (χ2n) is 2.21. The smallest absolute Gasteiger partial charge is 0.00772 e. The van der Waals surface area contributed by atoms with E-state index in [0.29, 0.717) is 0 Å². The van der Waals surface area contributed by atoms with E-state index in [-0.39, 0.29) is 0 Å². The van der Waals surface area contributed by atoms with Gasteiger partial charge in [-0.1, -0.05) is 0 Å². The molecule has 0 bridgehead atoms. The molecular formula is C6H14N2. The molecule has 2 aliphatic heterocycles. The molecule has 8 heavy (non-hydrogen) atoms. The van der Waals surface area contributed by atoms with Crippen molar-refractivity contribution in [1.82, 2.24) is 10.6 Å². The molecule has 2 rings (SSSR count). The van der Waals surface area contributed by atoms with Gasteiger partial charge in [0.15, 0.2) is 0 Å². The van der Waals surface area contributed by atoms with Crippen LogP contribution in [0, 0.1) is 0 Å². The molecule has 0 saturated carbocycles. The predicted molar refractivity (Wildman–Crippen MR) is 35.0 cm³/mol. The summed E-state index contributed by atoms with van der Waals surface area (Å²) in [5.41, 5.74) is 0. The molecule has 0 aromatic carbocycles. The first-order valence-electron chi connectivity index (χ1n) is 3.41. The zero-order valence-corrected chi connectivity index (χ0v) is 5.24. The summed E-state index contributed by atoms with van der Waals surface area (Å²) >= 11 is 0. The Morgan fingerprint density at radius 3 is 1.12 bits per heavy atom. The average Bonchev–Trinajstić information content (AvgIpc) is 2.55. The molecule has 2 aliphatic rings. The Morgan fingerprint density at radius 2 is 1.00 bits per heavy atom. The monoisotopic (exact) mass is 114 g/mol. The van der Waals surface area contributed by atoms with Crippen LogP contribution in [-0.2, 0) is 0 Å². The summed E-state index contributed by atoms with van der Waals surface area (Å²) in [5, 5.41) is 6.22. The molecule has 2 nitrogen and oxygen atoms in total. The van der Waals surface area contributed by atoms with Crippen LogP contribution < -0.4 is 10.6 Å². The average molecular weight is 114 g/mol. The molecule has 0 aromatic rings. The van der Waals surface area contributed by atoms with Crippen molar-refractivity contribution < 1.29 is 0 Å². The minimum absolute atomic E-state index is 1.25. The van der Waals surface area contributed by atoms with Gasteiger partial charge in [0, 0.05) is 13.1 Å². The second-order valence-corrected chi connectivity index (χ2v) is 2.21. The predicted octanol–water partition coefficient (Wildman–Crippen LogP) is -0.0406. The van der Waals surface area contributed by atoms with E-state index in [1.54, 1.807) is 0 Å². The van der Waals surface area contributed by atoms with E-state index in [0.717, 1.165) is 0 Å². The molecule has 0 amide bonds. The van der Waals surface area contributed by atoms with Crippen molar-refractivity contribution in [2.45, 2.75) is 12.8 Å². The lowest BCUT2D eigenvalue weighted by Crippen LogP contribution is -2.03. The Morgan fingerprint density at radius 1 is 0.625 bits per heavy atom.